The van der Waals surface area contributed by atoms with Crippen LogP contribution in [0.2, 0.25) is 0 Å². The average Bonchev–Trinajstić information content (AvgIpc) is 3.46. The monoisotopic (exact) mass is 435 g/mol. The first kappa shape index (κ1) is 18.7. The van der Waals surface area contributed by atoms with Crippen LogP contribution >= 0.6 is 0 Å². The third-order valence-corrected chi connectivity index (χ3v) is 6.55. The van der Waals surface area contributed by atoms with Crippen molar-refractivity contribution in [3.63, 3.8) is 0 Å². The fourth-order valence-corrected chi connectivity index (χ4v) is 5.14. The summed E-state index contributed by atoms with van der Waals surface area (Å²) in [5.74, 6) is 0. The first-order valence-electron chi connectivity index (χ1n) is 11.2. The van der Waals surface area contributed by atoms with E-state index in [1.807, 2.05) is 72.8 Å². The molecule has 0 atom stereocenters. The maximum Gasteiger partial charge on any atom is 0.136 e. The lowest BCUT2D eigenvalue weighted by Gasteiger charge is -2.14. The molecule has 3 heteroatoms. The van der Waals surface area contributed by atoms with Crippen molar-refractivity contribution < 1.29 is 8.83 Å². The molecule has 0 radical (unpaired) electrons. The highest BCUT2D eigenvalue weighted by Crippen LogP contribution is 2.45. The Hall–Kier alpha value is -4.81. The van der Waals surface area contributed by atoms with E-state index in [9.17, 15) is 5.26 Å². The molecule has 0 aliphatic carbocycles. The Morgan fingerprint density at radius 3 is 1.62 bits per heavy atom. The number of furan rings is 2. The molecule has 0 unspecified atom stereocenters. The van der Waals surface area contributed by atoms with Crippen LogP contribution in [0.15, 0.2) is 112 Å². The van der Waals surface area contributed by atoms with Gasteiger partial charge in [0.15, 0.2) is 0 Å². The number of benzene rings is 5. The van der Waals surface area contributed by atoms with Gasteiger partial charge in [0.2, 0.25) is 0 Å². The van der Waals surface area contributed by atoms with Gasteiger partial charge in [0.1, 0.15) is 22.3 Å². The lowest BCUT2D eigenvalue weighted by Crippen LogP contribution is -1.91. The maximum atomic E-state index is 10.1. The van der Waals surface area contributed by atoms with Gasteiger partial charge >= 0.3 is 0 Å². The van der Waals surface area contributed by atoms with Crippen molar-refractivity contribution >= 4 is 43.9 Å². The minimum absolute atomic E-state index is 0.625. The van der Waals surface area contributed by atoms with Crippen molar-refractivity contribution in [3.8, 4) is 28.3 Å². The third kappa shape index (κ3) is 2.57. The quantitative estimate of drug-likeness (QED) is 0.273. The highest BCUT2D eigenvalue weighted by molar-refractivity contribution is 6.17. The lowest BCUT2D eigenvalue weighted by atomic mass is 9.87. The molecular weight excluding hydrogens is 418 g/mol. The predicted molar refractivity (Wildman–Crippen MR) is 137 cm³/mol. The fraction of sp³-hybridized carbons (Fsp3) is 0. The van der Waals surface area contributed by atoms with E-state index in [4.69, 9.17) is 8.83 Å². The average molecular weight is 435 g/mol. The van der Waals surface area contributed by atoms with Crippen molar-refractivity contribution in [1.82, 2.24) is 0 Å². The van der Waals surface area contributed by atoms with Crippen LogP contribution in [0.4, 0.5) is 0 Å². The van der Waals surface area contributed by atoms with Crippen LogP contribution in [-0.4, -0.2) is 0 Å². The standard InChI is InChI=1S/C31H17NO2/c32-18-19-8-5-11-20(21-12-6-16-27-30(21)22-9-1-3-14-25(22)33-27)29(19)24-13-7-17-28-31(24)23-10-2-4-15-26(23)34-28/h1-17H. The summed E-state index contributed by atoms with van der Waals surface area (Å²) < 4.78 is 12.3. The Bertz CT molecular complexity index is 1930. The predicted octanol–water partition coefficient (Wildman–Crippen LogP) is 8.69. The van der Waals surface area contributed by atoms with Crippen LogP contribution in [0, 0.1) is 11.3 Å². The molecule has 3 nitrogen and oxygen atoms in total. The summed E-state index contributed by atoms with van der Waals surface area (Å²) in [6.45, 7) is 0. The van der Waals surface area contributed by atoms with Crippen LogP contribution < -0.4 is 0 Å². The molecule has 158 valence electrons. The second kappa shape index (κ2) is 7.10. The fourth-order valence-electron chi connectivity index (χ4n) is 5.14. The van der Waals surface area contributed by atoms with E-state index in [0.29, 0.717) is 5.56 Å². The van der Waals surface area contributed by atoms with Gasteiger partial charge < -0.3 is 8.83 Å². The number of nitrogens with zero attached hydrogens (tertiary/aromatic N) is 1. The van der Waals surface area contributed by atoms with E-state index in [1.165, 1.54) is 0 Å². The molecule has 0 amide bonds. The number of nitriles is 1. The summed E-state index contributed by atoms with van der Waals surface area (Å²) >= 11 is 0. The molecule has 0 saturated heterocycles. The summed E-state index contributed by atoms with van der Waals surface area (Å²) in [4.78, 5) is 0. The molecule has 2 heterocycles. The Morgan fingerprint density at radius 1 is 0.471 bits per heavy atom. The topological polar surface area (TPSA) is 50.1 Å². The highest BCUT2D eigenvalue weighted by Gasteiger charge is 2.20. The SMILES string of the molecule is N#Cc1cccc(-c2cccc3oc4ccccc4c23)c1-c1cccc2oc3ccccc3c12. The van der Waals surface area contributed by atoms with Gasteiger partial charge in [-0.3, -0.25) is 0 Å². The Kier molecular flexibility index (Phi) is 3.91. The van der Waals surface area contributed by atoms with Gasteiger partial charge in [0.25, 0.3) is 0 Å². The van der Waals surface area contributed by atoms with Gasteiger partial charge in [-0.25, -0.2) is 0 Å². The van der Waals surface area contributed by atoms with E-state index in [1.54, 1.807) is 0 Å². The summed E-state index contributed by atoms with van der Waals surface area (Å²) in [6.07, 6.45) is 0. The molecule has 0 bridgehead atoms. The molecule has 5 aromatic carbocycles. The number of fused-ring (bicyclic) bond motifs is 6. The van der Waals surface area contributed by atoms with Crippen LogP contribution in [0.3, 0.4) is 0 Å². The molecule has 7 aromatic rings. The lowest BCUT2D eigenvalue weighted by molar-refractivity contribution is 0.668. The van der Waals surface area contributed by atoms with E-state index < -0.39 is 0 Å². The van der Waals surface area contributed by atoms with Gasteiger partial charge in [0.05, 0.1) is 11.6 Å². The maximum absolute atomic E-state index is 10.1. The molecule has 0 aliphatic rings. The Labute approximate surface area is 195 Å². The van der Waals surface area contributed by atoms with E-state index in [-0.39, 0.29) is 0 Å². The second-order valence-corrected chi connectivity index (χ2v) is 8.39. The molecule has 34 heavy (non-hydrogen) atoms. The highest BCUT2D eigenvalue weighted by atomic mass is 16.3. The summed E-state index contributed by atoms with van der Waals surface area (Å²) in [6, 6.07) is 36.7. The van der Waals surface area contributed by atoms with Crippen LogP contribution in [0.5, 0.6) is 0 Å². The minimum Gasteiger partial charge on any atom is -0.456 e. The third-order valence-electron chi connectivity index (χ3n) is 6.55. The summed E-state index contributed by atoms with van der Waals surface area (Å²) in [5, 5.41) is 14.3. The molecule has 0 saturated carbocycles. The molecule has 2 aromatic heterocycles. The van der Waals surface area contributed by atoms with Crippen LogP contribution in [0.1, 0.15) is 5.56 Å². The van der Waals surface area contributed by atoms with Crippen molar-refractivity contribution in [2.24, 2.45) is 0 Å². The number of hydrogen-bond acceptors (Lipinski definition) is 3. The van der Waals surface area contributed by atoms with Crippen molar-refractivity contribution in [3.05, 3.63) is 109 Å². The summed E-state index contributed by atoms with van der Waals surface area (Å²) in [7, 11) is 0. The van der Waals surface area contributed by atoms with Gasteiger partial charge in [0, 0.05) is 27.1 Å². The molecule has 0 spiro atoms. The van der Waals surface area contributed by atoms with Crippen molar-refractivity contribution in [1.29, 1.82) is 5.26 Å². The summed E-state index contributed by atoms with van der Waals surface area (Å²) in [5.41, 5.74) is 7.88. The zero-order chi connectivity index (χ0) is 22.6. The molecule has 0 aliphatic heterocycles. The second-order valence-electron chi connectivity index (χ2n) is 8.39. The zero-order valence-corrected chi connectivity index (χ0v) is 18.1. The zero-order valence-electron chi connectivity index (χ0n) is 18.1. The smallest absolute Gasteiger partial charge is 0.136 e. The Morgan fingerprint density at radius 2 is 0.971 bits per heavy atom. The number of para-hydroxylation sites is 2. The molecular formula is C31H17NO2. The van der Waals surface area contributed by atoms with Gasteiger partial charge in [-0.05, 0) is 47.0 Å². The van der Waals surface area contributed by atoms with E-state index >= 15 is 0 Å². The number of hydrogen-bond donors (Lipinski definition) is 0. The van der Waals surface area contributed by atoms with Gasteiger partial charge in [-0.1, -0.05) is 72.8 Å². The van der Waals surface area contributed by atoms with Gasteiger partial charge in [-0.15, -0.1) is 0 Å². The normalized spacial score (nSPS) is 11.5. The number of rotatable bonds is 2. The van der Waals surface area contributed by atoms with Crippen LogP contribution in [0.25, 0.3) is 66.1 Å². The molecule has 0 N–H and O–H groups in total. The minimum atomic E-state index is 0.625. The molecule has 7 rings (SSSR count). The van der Waals surface area contributed by atoms with E-state index in [0.717, 1.165) is 66.1 Å². The van der Waals surface area contributed by atoms with E-state index in [2.05, 4.69) is 36.4 Å². The van der Waals surface area contributed by atoms with Crippen LogP contribution in [-0.2, 0) is 0 Å². The van der Waals surface area contributed by atoms with Crippen molar-refractivity contribution in [2.45, 2.75) is 0 Å². The first-order valence-corrected chi connectivity index (χ1v) is 11.2. The van der Waals surface area contributed by atoms with Gasteiger partial charge in [-0.2, -0.15) is 5.26 Å². The molecule has 0 fully saturated rings. The van der Waals surface area contributed by atoms with Crippen molar-refractivity contribution in [2.75, 3.05) is 0 Å². The first-order chi connectivity index (χ1) is 16.8. The largest absolute Gasteiger partial charge is 0.456 e. The Balaban J connectivity index is 1.64.